The molecule has 0 spiro atoms. The van der Waals surface area contributed by atoms with E-state index in [1.807, 2.05) is 38.1 Å². The molecule has 2 aromatic rings. The van der Waals surface area contributed by atoms with Gasteiger partial charge >= 0.3 is 0 Å². The van der Waals surface area contributed by atoms with Crippen LogP contribution in [-0.2, 0) is 4.79 Å². The van der Waals surface area contributed by atoms with E-state index in [0.29, 0.717) is 40.2 Å². The number of hydrogen-bond acceptors (Lipinski definition) is 5. The van der Waals surface area contributed by atoms with Gasteiger partial charge < -0.3 is 30.2 Å². The van der Waals surface area contributed by atoms with Gasteiger partial charge in [-0.05, 0) is 68.0 Å². The molecule has 3 N–H and O–H groups in total. The molecule has 0 aromatic heterocycles. The molecule has 0 fully saturated rings. The Morgan fingerprint density at radius 2 is 1.80 bits per heavy atom. The maximum Gasteiger partial charge on any atom is 0.255 e. The van der Waals surface area contributed by atoms with Crippen LogP contribution in [0.15, 0.2) is 53.7 Å². The predicted octanol–water partition coefficient (Wildman–Crippen LogP) is 3.53. The molecule has 1 aliphatic heterocycles. The van der Waals surface area contributed by atoms with Crippen LogP contribution in [0.1, 0.15) is 25.5 Å². The fraction of sp³-hybridized carbons (Fsp3) is 0.273. The number of benzene rings is 2. The van der Waals surface area contributed by atoms with Gasteiger partial charge in [-0.25, -0.2) is 0 Å². The molecule has 30 heavy (non-hydrogen) atoms. The SMILES string of the molecule is CCOc1ccc(NC(=O)C2=C(C)NC(=S)N[C@@H]2c2ccc(OC)c(OC)c2)cc1. The van der Waals surface area contributed by atoms with Crippen molar-refractivity contribution in [3.05, 3.63) is 59.3 Å². The van der Waals surface area contributed by atoms with Crippen LogP contribution >= 0.6 is 12.2 Å². The van der Waals surface area contributed by atoms with Crippen molar-refractivity contribution in [2.24, 2.45) is 0 Å². The molecule has 0 unspecified atom stereocenters. The molecule has 2 aromatic carbocycles. The summed E-state index contributed by atoms with van der Waals surface area (Å²) < 4.78 is 16.2. The number of hydrogen-bond donors (Lipinski definition) is 3. The molecule has 0 radical (unpaired) electrons. The number of anilines is 1. The lowest BCUT2D eigenvalue weighted by atomic mass is 9.94. The fourth-order valence-electron chi connectivity index (χ4n) is 3.28. The molecule has 0 bridgehead atoms. The van der Waals surface area contributed by atoms with Crippen molar-refractivity contribution in [1.29, 1.82) is 0 Å². The topological polar surface area (TPSA) is 80.9 Å². The number of nitrogens with one attached hydrogen (secondary N) is 3. The number of thiocarbonyl (C=S) groups is 1. The summed E-state index contributed by atoms with van der Waals surface area (Å²) in [6.07, 6.45) is 0. The Morgan fingerprint density at radius 1 is 1.10 bits per heavy atom. The van der Waals surface area contributed by atoms with E-state index in [0.717, 1.165) is 11.3 Å². The summed E-state index contributed by atoms with van der Waals surface area (Å²) in [7, 11) is 3.15. The van der Waals surface area contributed by atoms with Crippen LogP contribution in [0.2, 0.25) is 0 Å². The zero-order valence-corrected chi connectivity index (χ0v) is 18.2. The first-order valence-electron chi connectivity index (χ1n) is 9.51. The molecule has 0 aliphatic carbocycles. The lowest BCUT2D eigenvalue weighted by Gasteiger charge is -2.30. The Bertz CT molecular complexity index is 973. The molecule has 1 heterocycles. The minimum atomic E-state index is -0.443. The van der Waals surface area contributed by atoms with E-state index in [-0.39, 0.29) is 5.91 Å². The number of rotatable bonds is 7. The molecule has 0 saturated heterocycles. The second-order valence-electron chi connectivity index (χ2n) is 6.60. The van der Waals surface area contributed by atoms with Crippen LogP contribution in [0.5, 0.6) is 17.2 Å². The van der Waals surface area contributed by atoms with Gasteiger partial charge in [0, 0.05) is 11.4 Å². The van der Waals surface area contributed by atoms with Gasteiger partial charge in [-0.15, -0.1) is 0 Å². The number of allylic oxidation sites excluding steroid dienone is 1. The van der Waals surface area contributed by atoms with E-state index in [1.165, 1.54) is 0 Å². The standard InChI is InChI=1S/C22H25N3O4S/c1-5-29-16-9-7-15(8-10-16)24-21(26)19-13(2)23-22(30)25-20(19)14-6-11-17(27-3)18(12-14)28-4/h6-12,20H,5H2,1-4H3,(H,24,26)(H2,23,25,30)/t20-/m1/s1. The molecular formula is C22H25N3O4S. The largest absolute Gasteiger partial charge is 0.494 e. The van der Waals surface area contributed by atoms with Crippen molar-refractivity contribution < 1.29 is 19.0 Å². The van der Waals surface area contributed by atoms with Gasteiger partial charge in [0.15, 0.2) is 16.6 Å². The normalized spacial score (nSPS) is 15.7. The van der Waals surface area contributed by atoms with E-state index >= 15 is 0 Å². The van der Waals surface area contributed by atoms with E-state index in [9.17, 15) is 4.79 Å². The quantitative estimate of drug-likeness (QED) is 0.583. The summed E-state index contributed by atoms with van der Waals surface area (Å²) >= 11 is 5.32. The van der Waals surface area contributed by atoms with E-state index in [4.69, 9.17) is 26.4 Å². The minimum Gasteiger partial charge on any atom is -0.494 e. The first-order chi connectivity index (χ1) is 14.5. The highest BCUT2D eigenvalue weighted by Gasteiger charge is 2.30. The third-order valence-electron chi connectivity index (χ3n) is 4.68. The first kappa shape index (κ1) is 21.4. The smallest absolute Gasteiger partial charge is 0.255 e. The van der Waals surface area contributed by atoms with E-state index in [1.54, 1.807) is 32.4 Å². The van der Waals surface area contributed by atoms with Crippen LogP contribution in [-0.4, -0.2) is 31.8 Å². The second kappa shape index (κ2) is 9.49. The maximum absolute atomic E-state index is 13.2. The Labute approximate surface area is 181 Å². The van der Waals surface area contributed by atoms with Crippen molar-refractivity contribution in [3.8, 4) is 17.2 Å². The zero-order valence-electron chi connectivity index (χ0n) is 17.4. The Hall–Kier alpha value is -3.26. The minimum absolute atomic E-state index is 0.237. The number of methoxy groups -OCH3 is 2. The highest BCUT2D eigenvalue weighted by atomic mass is 32.1. The number of amides is 1. The maximum atomic E-state index is 13.2. The predicted molar refractivity (Wildman–Crippen MR) is 120 cm³/mol. The Morgan fingerprint density at radius 3 is 2.43 bits per heavy atom. The van der Waals surface area contributed by atoms with Crippen LogP contribution in [0.4, 0.5) is 5.69 Å². The van der Waals surface area contributed by atoms with Crippen molar-refractivity contribution in [3.63, 3.8) is 0 Å². The summed E-state index contributed by atoms with van der Waals surface area (Å²) in [5.74, 6) is 1.70. The van der Waals surface area contributed by atoms with Crippen molar-refractivity contribution in [2.75, 3.05) is 26.1 Å². The number of carbonyl (C=O) groups excluding carboxylic acids is 1. The van der Waals surface area contributed by atoms with Crippen LogP contribution in [0.25, 0.3) is 0 Å². The lowest BCUT2D eigenvalue weighted by Crippen LogP contribution is -2.45. The highest BCUT2D eigenvalue weighted by Crippen LogP contribution is 2.34. The Kier molecular flexibility index (Phi) is 6.79. The highest BCUT2D eigenvalue weighted by molar-refractivity contribution is 7.80. The van der Waals surface area contributed by atoms with Gasteiger partial charge in [0.1, 0.15) is 5.75 Å². The molecule has 8 heteroatoms. The molecule has 1 aliphatic rings. The summed E-state index contributed by atoms with van der Waals surface area (Å²) in [6, 6.07) is 12.3. The number of ether oxygens (including phenoxy) is 3. The zero-order chi connectivity index (χ0) is 21.7. The third kappa shape index (κ3) is 4.65. The summed E-state index contributed by atoms with van der Waals surface area (Å²) in [6.45, 7) is 4.34. The second-order valence-corrected chi connectivity index (χ2v) is 7.00. The molecule has 1 amide bonds. The molecule has 3 rings (SSSR count). The fourth-order valence-corrected chi connectivity index (χ4v) is 3.55. The van der Waals surface area contributed by atoms with Crippen molar-refractivity contribution >= 4 is 28.9 Å². The van der Waals surface area contributed by atoms with Crippen LogP contribution in [0, 0.1) is 0 Å². The molecule has 7 nitrogen and oxygen atoms in total. The van der Waals surface area contributed by atoms with Gasteiger partial charge in [0.05, 0.1) is 32.4 Å². The lowest BCUT2D eigenvalue weighted by molar-refractivity contribution is -0.113. The van der Waals surface area contributed by atoms with Gasteiger partial charge in [-0.3, -0.25) is 4.79 Å². The first-order valence-corrected chi connectivity index (χ1v) is 9.92. The molecule has 0 saturated carbocycles. The van der Waals surface area contributed by atoms with Crippen molar-refractivity contribution in [2.45, 2.75) is 19.9 Å². The van der Waals surface area contributed by atoms with E-state index < -0.39 is 6.04 Å². The van der Waals surface area contributed by atoms with Gasteiger partial charge in [-0.2, -0.15) is 0 Å². The average Bonchev–Trinajstić information content (AvgIpc) is 2.74. The van der Waals surface area contributed by atoms with Crippen molar-refractivity contribution in [1.82, 2.24) is 10.6 Å². The summed E-state index contributed by atoms with van der Waals surface area (Å²) in [5, 5.41) is 9.61. The molecule has 158 valence electrons. The van der Waals surface area contributed by atoms with Gasteiger partial charge in [0.2, 0.25) is 0 Å². The number of carbonyl (C=O) groups is 1. The average molecular weight is 428 g/mol. The van der Waals surface area contributed by atoms with Crippen LogP contribution in [0.3, 0.4) is 0 Å². The van der Waals surface area contributed by atoms with Gasteiger partial charge in [-0.1, -0.05) is 6.07 Å². The van der Waals surface area contributed by atoms with Crippen LogP contribution < -0.4 is 30.2 Å². The van der Waals surface area contributed by atoms with E-state index in [2.05, 4.69) is 16.0 Å². The monoisotopic (exact) mass is 427 g/mol. The summed E-state index contributed by atoms with van der Waals surface area (Å²) in [4.78, 5) is 13.2. The summed E-state index contributed by atoms with van der Waals surface area (Å²) in [5.41, 5.74) is 2.71. The third-order valence-corrected chi connectivity index (χ3v) is 4.90. The molecule has 1 atom stereocenters. The molecular weight excluding hydrogens is 402 g/mol. The van der Waals surface area contributed by atoms with Gasteiger partial charge in [0.25, 0.3) is 5.91 Å². The Balaban J connectivity index is 1.90.